The number of H-pyrrole nitrogens is 1. The summed E-state index contributed by atoms with van der Waals surface area (Å²) in [6.45, 7) is 4.25. The Morgan fingerprint density at radius 3 is 2.86 bits per heavy atom. The fourth-order valence-corrected chi connectivity index (χ4v) is 4.78. The van der Waals surface area contributed by atoms with E-state index in [9.17, 15) is 4.79 Å². The van der Waals surface area contributed by atoms with Crippen LogP contribution in [0.3, 0.4) is 0 Å². The van der Waals surface area contributed by atoms with Crippen LogP contribution in [0.25, 0.3) is 6.08 Å². The van der Waals surface area contributed by atoms with Crippen LogP contribution in [-0.2, 0) is 12.0 Å². The van der Waals surface area contributed by atoms with Crippen LogP contribution >= 0.6 is 11.6 Å². The number of pyridine rings is 1. The van der Waals surface area contributed by atoms with Gasteiger partial charge in [-0.15, -0.1) is 0 Å². The molecule has 1 aromatic heterocycles. The molecule has 0 spiro atoms. The number of fused-ring (bicyclic) bond motifs is 4. The number of benzene rings is 1. The average molecular weight is 391 g/mol. The molecule has 4 heteroatoms. The molecular weight excluding hydrogens is 368 g/mol. The van der Waals surface area contributed by atoms with Crippen LogP contribution in [0.15, 0.2) is 75.6 Å². The van der Waals surface area contributed by atoms with Gasteiger partial charge in [0.25, 0.3) is 0 Å². The zero-order valence-corrected chi connectivity index (χ0v) is 16.8. The van der Waals surface area contributed by atoms with Gasteiger partial charge in [0.05, 0.1) is 0 Å². The molecule has 2 aromatic rings. The van der Waals surface area contributed by atoms with Gasteiger partial charge in [0.2, 0.25) is 5.56 Å². The molecule has 4 rings (SSSR count). The van der Waals surface area contributed by atoms with E-state index in [-0.39, 0.29) is 11.5 Å². The van der Waals surface area contributed by atoms with Gasteiger partial charge in [-0.2, -0.15) is 0 Å². The summed E-state index contributed by atoms with van der Waals surface area (Å²) in [6.07, 6.45) is 11.9. The predicted octanol–water partition coefficient (Wildman–Crippen LogP) is 5.48. The number of hydrogen-bond acceptors (Lipinski definition) is 2. The lowest BCUT2D eigenvalue weighted by Gasteiger charge is -2.45. The normalized spacial score (nSPS) is 25.3. The largest absolute Gasteiger partial charge is 0.326 e. The Kier molecular flexibility index (Phi) is 4.94. The highest BCUT2D eigenvalue weighted by Crippen LogP contribution is 2.51. The number of nitrogens with zero attached hydrogens (tertiary/aromatic N) is 1. The third-order valence-corrected chi connectivity index (χ3v) is 5.98. The SMILES string of the molecule is C/C=C1\[C@H]2C=C(C)C[C@]1(/N=C/C=C/c1ccccc1Cl)c1ccc(=O)[nH]c1C2. The maximum absolute atomic E-state index is 11.9. The fourth-order valence-electron chi connectivity index (χ4n) is 4.58. The van der Waals surface area contributed by atoms with E-state index < -0.39 is 5.54 Å². The molecule has 3 nitrogen and oxygen atoms in total. The topological polar surface area (TPSA) is 45.2 Å². The van der Waals surface area contributed by atoms with Gasteiger partial charge in [0.15, 0.2) is 0 Å². The molecular formula is C24H23ClN2O. The summed E-state index contributed by atoms with van der Waals surface area (Å²) in [5, 5.41) is 0.719. The summed E-state index contributed by atoms with van der Waals surface area (Å²) in [5.74, 6) is 0.272. The molecule has 1 aromatic carbocycles. The molecule has 1 N–H and O–H groups in total. The van der Waals surface area contributed by atoms with E-state index in [4.69, 9.17) is 16.6 Å². The Morgan fingerprint density at radius 1 is 1.25 bits per heavy atom. The monoisotopic (exact) mass is 390 g/mol. The van der Waals surface area contributed by atoms with Crippen molar-refractivity contribution in [2.75, 3.05) is 0 Å². The summed E-state index contributed by atoms with van der Waals surface area (Å²) in [5.41, 5.74) is 5.19. The molecule has 0 amide bonds. The second-order valence-electron chi connectivity index (χ2n) is 7.48. The predicted molar refractivity (Wildman–Crippen MR) is 117 cm³/mol. The molecule has 1 heterocycles. The van der Waals surface area contributed by atoms with Gasteiger partial charge < -0.3 is 4.98 Å². The van der Waals surface area contributed by atoms with Crippen molar-refractivity contribution in [3.05, 3.63) is 98.0 Å². The maximum atomic E-state index is 11.9. The van der Waals surface area contributed by atoms with Gasteiger partial charge in [-0.05, 0) is 49.6 Å². The summed E-state index contributed by atoms with van der Waals surface area (Å²) < 4.78 is 0. The molecule has 2 atom stereocenters. The van der Waals surface area contributed by atoms with E-state index in [1.807, 2.05) is 48.7 Å². The third kappa shape index (κ3) is 3.20. The lowest BCUT2D eigenvalue weighted by molar-refractivity contribution is 0.413. The van der Waals surface area contributed by atoms with E-state index >= 15 is 0 Å². The molecule has 28 heavy (non-hydrogen) atoms. The van der Waals surface area contributed by atoms with Crippen molar-refractivity contribution in [1.29, 1.82) is 0 Å². The first-order valence-electron chi connectivity index (χ1n) is 9.56. The van der Waals surface area contributed by atoms with Gasteiger partial charge in [-0.3, -0.25) is 9.79 Å². The average Bonchev–Trinajstić information content (AvgIpc) is 2.65. The number of halogens is 1. The molecule has 2 bridgehead atoms. The summed E-state index contributed by atoms with van der Waals surface area (Å²) in [6, 6.07) is 11.3. The van der Waals surface area contributed by atoms with E-state index in [0.717, 1.165) is 34.7 Å². The van der Waals surface area contributed by atoms with Crippen LogP contribution in [0.5, 0.6) is 0 Å². The lowest BCUT2D eigenvalue weighted by Crippen LogP contribution is -2.40. The fraction of sp³-hybridized carbons (Fsp3) is 0.250. The molecule has 142 valence electrons. The minimum Gasteiger partial charge on any atom is -0.326 e. The molecule has 0 unspecified atom stereocenters. The van der Waals surface area contributed by atoms with Crippen LogP contribution in [-0.4, -0.2) is 11.2 Å². The number of aromatic nitrogens is 1. The molecule has 0 saturated heterocycles. The van der Waals surface area contributed by atoms with E-state index in [2.05, 4.69) is 31.0 Å². The number of rotatable bonds is 3. The Labute approximate surface area is 170 Å². The highest BCUT2D eigenvalue weighted by atomic mass is 35.5. The molecule has 0 radical (unpaired) electrons. The summed E-state index contributed by atoms with van der Waals surface area (Å²) in [4.78, 5) is 20.0. The Bertz CT molecular complexity index is 1090. The number of hydrogen-bond donors (Lipinski definition) is 1. The van der Waals surface area contributed by atoms with Crippen molar-refractivity contribution in [3.63, 3.8) is 0 Å². The number of nitrogens with one attached hydrogen (secondary N) is 1. The quantitative estimate of drug-likeness (QED) is 0.547. The van der Waals surface area contributed by atoms with Gasteiger partial charge in [0.1, 0.15) is 5.54 Å². The number of allylic oxidation sites excluding steroid dienone is 3. The standard InChI is InChI=1S/C24H23ClN2O/c1-3-19-18-13-16(2)15-24(19,20-10-11-23(28)27-22(20)14-18)26-12-6-8-17-7-4-5-9-21(17)25/h3-13,18H,14-15H2,1-2H3,(H,27,28)/b8-6+,19-3+,26-12+/t18-,24+/m0/s1. The van der Waals surface area contributed by atoms with Gasteiger partial charge >= 0.3 is 0 Å². The van der Waals surface area contributed by atoms with Crippen molar-refractivity contribution >= 4 is 23.9 Å². The second-order valence-corrected chi connectivity index (χ2v) is 7.89. The minimum atomic E-state index is -0.457. The first-order valence-corrected chi connectivity index (χ1v) is 9.94. The van der Waals surface area contributed by atoms with Crippen molar-refractivity contribution in [3.8, 4) is 0 Å². The first-order chi connectivity index (χ1) is 13.5. The zero-order valence-electron chi connectivity index (χ0n) is 16.1. The van der Waals surface area contributed by atoms with Crippen LogP contribution in [0.1, 0.15) is 37.1 Å². The number of aliphatic imine (C=N–C) groups is 1. The van der Waals surface area contributed by atoms with Crippen molar-refractivity contribution in [2.45, 2.75) is 32.2 Å². The summed E-state index contributed by atoms with van der Waals surface area (Å²) >= 11 is 6.24. The lowest BCUT2D eigenvalue weighted by atomic mass is 9.63. The Morgan fingerprint density at radius 2 is 2.07 bits per heavy atom. The molecule has 2 aliphatic carbocycles. The second kappa shape index (κ2) is 7.40. The van der Waals surface area contributed by atoms with E-state index in [1.165, 1.54) is 11.1 Å². The summed E-state index contributed by atoms with van der Waals surface area (Å²) in [7, 11) is 0. The minimum absolute atomic E-state index is 0.0563. The zero-order chi connectivity index (χ0) is 19.7. The van der Waals surface area contributed by atoms with Crippen molar-refractivity contribution in [2.24, 2.45) is 10.9 Å². The maximum Gasteiger partial charge on any atom is 0.248 e. The highest BCUT2D eigenvalue weighted by molar-refractivity contribution is 6.32. The van der Waals surface area contributed by atoms with Crippen molar-refractivity contribution in [1.82, 2.24) is 4.98 Å². The van der Waals surface area contributed by atoms with Crippen LogP contribution in [0.2, 0.25) is 5.02 Å². The van der Waals surface area contributed by atoms with Gasteiger partial charge in [-0.1, -0.05) is 53.6 Å². The smallest absolute Gasteiger partial charge is 0.248 e. The Balaban J connectivity index is 1.78. The first kappa shape index (κ1) is 18.7. The van der Waals surface area contributed by atoms with Gasteiger partial charge in [-0.25, -0.2) is 0 Å². The van der Waals surface area contributed by atoms with E-state index in [1.54, 1.807) is 6.07 Å². The third-order valence-electron chi connectivity index (χ3n) is 5.64. The van der Waals surface area contributed by atoms with Crippen LogP contribution < -0.4 is 5.56 Å². The molecule has 0 aliphatic heterocycles. The number of aromatic amines is 1. The Hall–Kier alpha value is -2.65. The van der Waals surface area contributed by atoms with Gasteiger partial charge in [0, 0.05) is 40.9 Å². The van der Waals surface area contributed by atoms with Crippen LogP contribution in [0, 0.1) is 5.92 Å². The van der Waals surface area contributed by atoms with Crippen molar-refractivity contribution < 1.29 is 0 Å². The highest BCUT2D eigenvalue weighted by Gasteiger charge is 2.46. The molecule has 0 fully saturated rings. The molecule has 2 aliphatic rings. The van der Waals surface area contributed by atoms with Crippen LogP contribution in [0.4, 0.5) is 0 Å². The molecule has 0 saturated carbocycles. The van der Waals surface area contributed by atoms with E-state index in [0.29, 0.717) is 0 Å².